The molecule has 0 unspecified atom stereocenters. The number of nitrogens with one attached hydrogen (secondary N) is 2. The third-order valence-corrected chi connectivity index (χ3v) is 7.39. The van der Waals surface area contributed by atoms with Gasteiger partial charge in [-0.15, -0.1) is 0 Å². The summed E-state index contributed by atoms with van der Waals surface area (Å²) < 4.78 is 0. The van der Waals surface area contributed by atoms with E-state index in [0.717, 1.165) is 6.42 Å². The summed E-state index contributed by atoms with van der Waals surface area (Å²) in [6.07, 6.45) is 11.9. The van der Waals surface area contributed by atoms with E-state index in [-0.39, 0.29) is 0 Å². The molecule has 3 heteroatoms. The van der Waals surface area contributed by atoms with Crippen LogP contribution in [0.4, 0.5) is 11.4 Å². The van der Waals surface area contributed by atoms with Crippen LogP contribution in [0.2, 0.25) is 0 Å². The summed E-state index contributed by atoms with van der Waals surface area (Å²) >= 11 is 1.95. The van der Waals surface area contributed by atoms with E-state index in [1.165, 1.54) is 83.7 Å². The molecule has 2 aliphatic carbocycles. The average Bonchev–Trinajstić information content (AvgIpc) is 3.34. The number of fused-ring (bicyclic) bond motifs is 2. The fourth-order valence-corrected chi connectivity index (χ4v) is 5.86. The molecule has 0 atom stereocenters. The first-order valence-electron chi connectivity index (χ1n) is 10.3. The lowest BCUT2D eigenvalue weighted by Gasteiger charge is -2.23. The van der Waals surface area contributed by atoms with Crippen molar-refractivity contribution in [2.75, 3.05) is 10.6 Å². The number of rotatable bonds is 4. The Labute approximate surface area is 161 Å². The maximum atomic E-state index is 3.75. The second-order valence-electron chi connectivity index (χ2n) is 8.18. The van der Waals surface area contributed by atoms with Gasteiger partial charge in [-0.3, -0.25) is 0 Å². The molecule has 136 valence electrons. The predicted octanol–water partition coefficient (Wildman–Crippen LogP) is 6.45. The Hall–Kier alpha value is -1.61. The van der Waals surface area contributed by atoms with Crippen molar-refractivity contribution in [3.63, 3.8) is 0 Å². The molecule has 2 nitrogen and oxygen atoms in total. The first-order valence-corrected chi connectivity index (χ1v) is 11.1. The number of hydrogen-bond acceptors (Lipinski definition) is 3. The van der Waals surface area contributed by atoms with Gasteiger partial charge in [0.2, 0.25) is 0 Å². The Kier molecular flexibility index (Phi) is 4.58. The largest absolute Gasteiger partial charge is 0.382 e. The van der Waals surface area contributed by atoms with Gasteiger partial charge in [-0.05, 0) is 67.5 Å². The van der Waals surface area contributed by atoms with Crippen LogP contribution in [0.3, 0.4) is 0 Å². The van der Waals surface area contributed by atoms with Gasteiger partial charge in [0.25, 0.3) is 0 Å². The zero-order valence-electron chi connectivity index (χ0n) is 15.4. The second-order valence-corrected chi connectivity index (χ2v) is 9.26. The molecule has 0 aromatic heterocycles. The molecule has 0 spiro atoms. The highest BCUT2D eigenvalue weighted by Gasteiger charge is 2.20. The van der Waals surface area contributed by atoms with Gasteiger partial charge < -0.3 is 10.6 Å². The average molecular weight is 365 g/mol. The van der Waals surface area contributed by atoms with Crippen LogP contribution >= 0.6 is 11.8 Å². The molecule has 2 saturated carbocycles. The first-order chi connectivity index (χ1) is 12.8. The third kappa shape index (κ3) is 3.46. The lowest BCUT2D eigenvalue weighted by molar-refractivity contribution is 0.754. The van der Waals surface area contributed by atoms with E-state index in [9.17, 15) is 0 Å². The molecule has 2 aromatic carbocycles. The van der Waals surface area contributed by atoms with Crippen LogP contribution in [-0.4, -0.2) is 12.1 Å². The zero-order valence-corrected chi connectivity index (χ0v) is 16.2. The standard InChI is InChI=1S/C23H28N2S/c1-2-6-18(5-1)24-20-11-9-16-13-17-10-12-21(25-19-7-3-4-8-19)15-23(17)26-22(16)14-20/h9-12,14-15,18-19,24-25H,1-8,13H2. The van der Waals surface area contributed by atoms with Gasteiger partial charge in [-0.1, -0.05) is 49.6 Å². The Bertz CT molecular complexity index is 723. The van der Waals surface area contributed by atoms with Gasteiger partial charge in [0.05, 0.1) is 0 Å². The van der Waals surface area contributed by atoms with Crippen molar-refractivity contribution in [1.29, 1.82) is 0 Å². The Morgan fingerprint density at radius 1 is 0.654 bits per heavy atom. The minimum atomic E-state index is 0.677. The highest BCUT2D eigenvalue weighted by molar-refractivity contribution is 7.99. The topological polar surface area (TPSA) is 24.1 Å². The molecule has 0 amide bonds. The zero-order chi connectivity index (χ0) is 17.3. The van der Waals surface area contributed by atoms with Crippen LogP contribution in [0.5, 0.6) is 0 Å². The Morgan fingerprint density at radius 2 is 1.12 bits per heavy atom. The summed E-state index contributed by atoms with van der Waals surface area (Å²) in [7, 11) is 0. The molecule has 0 radical (unpaired) electrons. The van der Waals surface area contributed by atoms with Crippen LogP contribution in [0.1, 0.15) is 62.5 Å². The minimum absolute atomic E-state index is 0.677. The van der Waals surface area contributed by atoms with Crippen molar-refractivity contribution in [3.05, 3.63) is 47.5 Å². The molecule has 1 heterocycles. The maximum Gasteiger partial charge on any atom is 0.0353 e. The molecular formula is C23H28N2S. The van der Waals surface area contributed by atoms with E-state index in [1.54, 1.807) is 0 Å². The van der Waals surface area contributed by atoms with Crippen molar-refractivity contribution < 1.29 is 0 Å². The molecule has 2 aromatic rings. The summed E-state index contributed by atoms with van der Waals surface area (Å²) in [4.78, 5) is 2.86. The third-order valence-electron chi connectivity index (χ3n) is 6.19. The summed E-state index contributed by atoms with van der Waals surface area (Å²) in [5.74, 6) is 0. The maximum absolute atomic E-state index is 3.75. The molecule has 2 N–H and O–H groups in total. The van der Waals surface area contributed by atoms with Gasteiger partial charge in [0.15, 0.2) is 0 Å². The lowest BCUT2D eigenvalue weighted by Crippen LogP contribution is -2.15. The van der Waals surface area contributed by atoms with E-state index in [4.69, 9.17) is 0 Å². The van der Waals surface area contributed by atoms with E-state index >= 15 is 0 Å². The first kappa shape index (κ1) is 16.6. The van der Waals surface area contributed by atoms with E-state index in [0.29, 0.717) is 12.1 Å². The van der Waals surface area contributed by atoms with Gasteiger partial charge in [-0.25, -0.2) is 0 Å². The summed E-state index contributed by atoms with van der Waals surface area (Å²) in [6.45, 7) is 0. The van der Waals surface area contributed by atoms with Crippen LogP contribution in [0.15, 0.2) is 46.2 Å². The van der Waals surface area contributed by atoms with Crippen LogP contribution in [-0.2, 0) is 6.42 Å². The number of hydrogen-bond donors (Lipinski definition) is 2. The molecule has 3 aliphatic rings. The Morgan fingerprint density at radius 3 is 1.58 bits per heavy atom. The van der Waals surface area contributed by atoms with Crippen LogP contribution in [0, 0.1) is 0 Å². The summed E-state index contributed by atoms with van der Waals surface area (Å²) in [5, 5.41) is 7.50. The molecule has 0 bridgehead atoms. The van der Waals surface area contributed by atoms with Crippen molar-refractivity contribution in [3.8, 4) is 0 Å². The highest BCUT2D eigenvalue weighted by atomic mass is 32.2. The minimum Gasteiger partial charge on any atom is -0.382 e. The Balaban J connectivity index is 1.33. The monoisotopic (exact) mass is 364 g/mol. The van der Waals surface area contributed by atoms with Crippen molar-refractivity contribution in [2.24, 2.45) is 0 Å². The van der Waals surface area contributed by atoms with Crippen LogP contribution < -0.4 is 10.6 Å². The quantitative estimate of drug-likeness (QED) is 0.556. The van der Waals surface area contributed by atoms with Gasteiger partial charge in [0, 0.05) is 33.2 Å². The molecule has 26 heavy (non-hydrogen) atoms. The summed E-state index contributed by atoms with van der Waals surface area (Å²) in [6, 6.07) is 15.3. The van der Waals surface area contributed by atoms with Crippen molar-refractivity contribution in [1.82, 2.24) is 0 Å². The summed E-state index contributed by atoms with van der Waals surface area (Å²) in [5.41, 5.74) is 5.53. The number of anilines is 2. The van der Waals surface area contributed by atoms with Gasteiger partial charge in [-0.2, -0.15) is 0 Å². The van der Waals surface area contributed by atoms with Gasteiger partial charge in [0.1, 0.15) is 0 Å². The molecule has 5 rings (SSSR count). The van der Waals surface area contributed by atoms with Gasteiger partial charge >= 0.3 is 0 Å². The highest BCUT2D eigenvalue weighted by Crippen LogP contribution is 2.42. The van der Waals surface area contributed by atoms with E-state index in [1.807, 2.05) is 11.8 Å². The molecular weight excluding hydrogens is 336 g/mol. The normalized spacial score (nSPS) is 20.0. The van der Waals surface area contributed by atoms with Crippen molar-refractivity contribution >= 4 is 23.1 Å². The number of benzene rings is 2. The lowest BCUT2D eigenvalue weighted by atomic mass is 10.0. The predicted molar refractivity (Wildman–Crippen MR) is 112 cm³/mol. The van der Waals surface area contributed by atoms with Crippen LogP contribution in [0.25, 0.3) is 0 Å². The molecule has 1 aliphatic heterocycles. The smallest absolute Gasteiger partial charge is 0.0353 e. The fraction of sp³-hybridized carbons (Fsp3) is 0.478. The second kappa shape index (κ2) is 7.19. The fourth-order valence-electron chi connectivity index (χ4n) is 4.71. The van der Waals surface area contributed by atoms with Crippen molar-refractivity contribution in [2.45, 2.75) is 79.7 Å². The molecule has 2 fully saturated rings. The van der Waals surface area contributed by atoms with E-state index in [2.05, 4.69) is 47.0 Å². The molecule has 0 saturated heterocycles. The SMILES string of the molecule is c1cc2c(cc1NC1CCCC1)Sc1cc(NC3CCCC3)ccc1C2. The van der Waals surface area contributed by atoms with E-state index < -0.39 is 0 Å².